The van der Waals surface area contributed by atoms with Gasteiger partial charge in [-0.3, -0.25) is 9.59 Å². The smallest absolute Gasteiger partial charge is 0.329 e. The van der Waals surface area contributed by atoms with Crippen molar-refractivity contribution >= 4 is 41.2 Å². The second kappa shape index (κ2) is 7.12. The van der Waals surface area contributed by atoms with Crippen molar-refractivity contribution in [2.75, 3.05) is 0 Å². The van der Waals surface area contributed by atoms with Gasteiger partial charge in [0.2, 0.25) is 0 Å². The number of aromatic hydroxyl groups is 1. The lowest BCUT2D eigenvalue weighted by Crippen LogP contribution is -2.41. The van der Waals surface area contributed by atoms with Gasteiger partial charge in [0.05, 0.1) is 16.3 Å². The molecule has 0 aliphatic heterocycles. The monoisotopic (exact) mass is 317 g/mol. The Kier molecular flexibility index (Phi) is 5.79. The molecule has 6 nitrogen and oxygen atoms in total. The van der Waals surface area contributed by atoms with Crippen molar-refractivity contribution in [2.24, 2.45) is 5.10 Å². The van der Waals surface area contributed by atoms with Gasteiger partial charge in [0.25, 0.3) is 0 Å². The van der Waals surface area contributed by atoms with Crippen LogP contribution >= 0.6 is 23.2 Å². The van der Waals surface area contributed by atoms with Gasteiger partial charge in [-0.2, -0.15) is 5.10 Å². The van der Waals surface area contributed by atoms with Crippen molar-refractivity contribution in [3.8, 4) is 5.75 Å². The molecule has 0 saturated heterocycles. The molecule has 108 valence electrons. The predicted molar refractivity (Wildman–Crippen MR) is 77.1 cm³/mol. The van der Waals surface area contributed by atoms with E-state index >= 15 is 0 Å². The van der Waals surface area contributed by atoms with E-state index in [-0.39, 0.29) is 21.8 Å². The van der Waals surface area contributed by atoms with E-state index in [0.717, 1.165) is 0 Å². The Balaban J connectivity index is 2.66. The number of amides is 2. The Labute approximate surface area is 125 Å². The fourth-order valence-corrected chi connectivity index (χ4v) is 1.71. The van der Waals surface area contributed by atoms with Crippen LogP contribution in [0, 0.1) is 0 Å². The Morgan fingerprint density at radius 3 is 2.30 bits per heavy atom. The fraction of sp³-hybridized carbons (Fsp3) is 0.250. The van der Waals surface area contributed by atoms with Crippen molar-refractivity contribution in [3.63, 3.8) is 0 Å². The summed E-state index contributed by atoms with van der Waals surface area (Å²) in [5, 5.41) is 15.5. The van der Waals surface area contributed by atoms with E-state index in [1.807, 2.05) is 0 Å². The number of rotatable bonds is 3. The van der Waals surface area contributed by atoms with Crippen LogP contribution in [0.25, 0.3) is 0 Å². The van der Waals surface area contributed by atoms with Gasteiger partial charge < -0.3 is 10.4 Å². The van der Waals surface area contributed by atoms with Crippen LogP contribution in [0.15, 0.2) is 17.2 Å². The molecular weight excluding hydrogens is 305 g/mol. The minimum absolute atomic E-state index is 0.0582. The number of phenols is 1. The summed E-state index contributed by atoms with van der Waals surface area (Å²) in [7, 11) is 0. The summed E-state index contributed by atoms with van der Waals surface area (Å²) in [6, 6.07) is 2.67. The zero-order valence-electron chi connectivity index (χ0n) is 10.8. The first-order chi connectivity index (χ1) is 9.31. The van der Waals surface area contributed by atoms with Gasteiger partial charge in [-0.25, -0.2) is 5.43 Å². The lowest BCUT2D eigenvalue weighted by Gasteiger charge is -2.06. The summed E-state index contributed by atoms with van der Waals surface area (Å²) in [6.07, 6.45) is 1.25. The van der Waals surface area contributed by atoms with Gasteiger partial charge in [-0.1, -0.05) is 23.2 Å². The predicted octanol–water partition coefficient (Wildman–Crippen LogP) is 1.67. The van der Waals surface area contributed by atoms with E-state index in [9.17, 15) is 14.7 Å². The second-order valence-electron chi connectivity index (χ2n) is 4.16. The number of hydrogen-bond acceptors (Lipinski definition) is 4. The van der Waals surface area contributed by atoms with Crippen LogP contribution in [-0.2, 0) is 9.59 Å². The van der Waals surface area contributed by atoms with Gasteiger partial charge in [0.1, 0.15) is 0 Å². The number of nitrogens with one attached hydrogen (secondary N) is 2. The average Bonchev–Trinajstić information content (AvgIpc) is 2.34. The lowest BCUT2D eigenvalue weighted by atomic mass is 10.2. The van der Waals surface area contributed by atoms with E-state index in [0.29, 0.717) is 5.56 Å². The van der Waals surface area contributed by atoms with Gasteiger partial charge in [-0.05, 0) is 31.5 Å². The van der Waals surface area contributed by atoms with Gasteiger partial charge in [0.15, 0.2) is 5.75 Å². The molecule has 8 heteroatoms. The van der Waals surface area contributed by atoms with Crippen LogP contribution < -0.4 is 10.7 Å². The van der Waals surface area contributed by atoms with Crippen molar-refractivity contribution in [2.45, 2.75) is 19.9 Å². The summed E-state index contributed by atoms with van der Waals surface area (Å²) in [5.74, 6) is -1.89. The molecule has 0 aliphatic rings. The second-order valence-corrected chi connectivity index (χ2v) is 4.97. The van der Waals surface area contributed by atoms with Crippen LogP contribution in [0.2, 0.25) is 10.0 Å². The molecule has 0 saturated carbocycles. The molecule has 20 heavy (non-hydrogen) atoms. The minimum atomic E-state index is -0.883. The largest absolute Gasteiger partial charge is 0.505 e. The molecule has 0 fully saturated rings. The summed E-state index contributed by atoms with van der Waals surface area (Å²) >= 11 is 11.4. The molecule has 0 aromatic heterocycles. The van der Waals surface area contributed by atoms with Crippen LogP contribution in [0.1, 0.15) is 19.4 Å². The number of halogens is 2. The third-order valence-electron chi connectivity index (χ3n) is 2.04. The number of carbonyl (C=O) groups excluding carboxylic acids is 2. The molecule has 1 rings (SSSR count). The van der Waals surface area contributed by atoms with Gasteiger partial charge in [0, 0.05) is 6.04 Å². The summed E-state index contributed by atoms with van der Waals surface area (Å²) in [6.45, 7) is 3.46. The first-order valence-corrected chi connectivity index (χ1v) is 6.38. The lowest BCUT2D eigenvalue weighted by molar-refractivity contribution is -0.139. The zero-order valence-corrected chi connectivity index (χ0v) is 12.3. The highest BCUT2D eigenvalue weighted by Gasteiger charge is 2.13. The zero-order chi connectivity index (χ0) is 15.3. The maximum absolute atomic E-state index is 11.3. The molecule has 0 radical (unpaired) electrons. The molecule has 1 aromatic rings. The van der Waals surface area contributed by atoms with Crippen LogP contribution in [-0.4, -0.2) is 29.2 Å². The average molecular weight is 318 g/mol. The Hall–Kier alpha value is -1.79. The molecule has 2 amide bonds. The fourth-order valence-electron chi connectivity index (χ4n) is 1.20. The van der Waals surface area contributed by atoms with Crippen molar-refractivity contribution < 1.29 is 14.7 Å². The summed E-state index contributed by atoms with van der Waals surface area (Å²) < 4.78 is 0. The van der Waals surface area contributed by atoms with E-state index < -0.39 is 11.8 Å². The maximum atomic E-state index is 11.3. The number of hydrogen-bond donors (Lipinski definition) is 3. The number of nitrogens with zero attached hydrogens (tertiary/aromatic N) is 1. The van der Waals surface area contributed by atoms with Crippen LogP contribution in [0.3, 0.4) is 0 Å². The third kappa shape index (κ3) is 4.71. The van der Waals surface area contributed by atoms with Gasteiger partial charge in [-0.15, -0.1) is 0 Å². The number of carbonyl (C=O) groups is 2. The van der Waals surface area contributed by atoms with E-state index in [2.05, 4.69) is 15.8 Å². The highest BCUT2D eigenvalue weighted by molar-refractivity contribution is 6.37. The Bertz CT molecular complexity index is 536. The maximum Gasteiger partial charge on any atom is 0.329 e. The highest BCUT2D eigenvalue weighted by Crippen LogP contribution is 2.32. The van der Waals surface area contributed by atoms with Crippen molar-refractivity contribution in [1.82, 2.24) is 10.7 Å². The standard InChI is InChI=1S/C12H13Cl2N3O3/c1-6(2)16-11(19)12(20)17-15-5-7-3-8(13)10(18)9(14)4-7/h3-6,18H,1-2H3,(H,16,19)(H,17,20)/b15-5+. The van der Waals surface area contributed by atoms with E-state index in [1.165, 1.54) is 18.3 Å². The number of hydrazone groups is 1. The normalized spacial score (nSPS) is 10.8. The van der Waals surface area contributed by atoms with Crippen molar-refractivity contribution in [3.05, 3.63) is 27.7 Å². The minimum Gasteiger partial charge on any atom is -0.505 e. The quantitative estimate of drug-likeness (QED) is 0.450. The van der Waals surface area contributed by atoms with Gasteiger partial charge >= 0.3 is 11.8 Å². The summed E-state index contributed by atoms with van der Waals surface area (Å²) in [4.78, 5) is 22.6. The summed E-state index contributed by atoms with van der Waals surface area (Å²) in [5.41, 5.74) is 2.52. The molecule has 0 aliphatic carbocycles. The Morgan fingerprint density at radius 1 is 1.25 bits per heavy atom. The molecule has 0 atom stereocenters. The number of benzene rings is 1. The number of phenolic OH excluding ortho intramolecular Hbond substituents is 1. The molecule has 0 unspecified atom stereocenters. The Morgan fingerprint density at radius 2 is 1.80 bits per heavy atom. The first-order valence-electron chi connectivity index (χ1n) is 5.63. The molecule has 3 N–H and O–H groups in total. The van der Waals surface area contributed by atoms with E-state index in [4.69, 9.17) is 23.2 Å². The molecular formula is C12H13Cl2N3O3. The third-order valence-corrected chi connectivity index (χ3v) is 2.62. The highest BCUT2D eigenvalue weighted by atomic mass is 35.5. The van der Waals surface area contributed by atoms with Crippen LogP contribution in [0.5, 0.6) is 5.75 Å². The molecule has 1 aromatic carbocycles. The first kappa shape index (κ1) is 16.3. The SMILES string of the molecule is CC(C)NC(=O)C(=O)N/N=C/c1cc(Cl)c(O)c(Cl)c1. The topological polar surface area (TPSA) is 90.8 Å². The molecule has 0 heterocycles. The van der Waals surface area contributed by atoms with Crippen LogP contribution in [0.4, 0.5) is 0 Å². The van der Waals surface area contributed by atoms with Crippen molar-refractivity contribution in [1.29, 1.82) is 0 Å². The molecule has 0 spiro atoms. The molecule has 0 bridgehead atoms. The van der Waals surface area contributed by atoms with E-state index in [1.54, 1.807) is 13.8 Å².